The number of imidazole rings is 1. The second kappa shape index (κ2) is 5.29. The van der Waals surface area contributed by atoms with E-state index in [2.05, 4.69) is 14.5 Å². The molecule has 102 valence electrons. The van der Waals surface area contributed by atoms with E-state index in [9.17, 15) is 0 Å². The minimum Gasteiger partial charge on any atom is -0.311 e. The Hall–Kier alpha value is -0.800. The number of hydrogen-bond donors (Lipinski definition) is 0. The number of halogens is 2. The van der Waals surface area contributed by atoms with Crippen LogP contribution in [0, 0.1) is 5.92 Å². The van der Waals surface area contributed by atoms with Gasteiger partial charge in [-0.05, 0) is 31.7 Å². The molecule has 0 bridgehead atoms. The zero-order chi connectivity index (χ0) is 13.4. The van der Waals surface area contributed by atoms with Crippen molar-refractivity contribution in [3.8, 4) is 0 Å². The van der Waals surface area contributed by atoms with E-state index in [1.165, 1.54) is 19.3 Å². The molecule has 1 unspecified atom stereocenters. The van der Waals surface area contributed by atoms with Gasteiger partial charge in [0.25, 0.3) is 0 Å². The van der Waals surface area contributed by atoms with Gasteiger partial charge in [0.05, 0.1) is 10.4 Å². The summed E-state index contributed by atoms with van der Waals surface area (Å²) in [5.41, 5.74) is 1.73. The summed E-state index contributed by atoms with van der Waals surface area (Å²) in [5, 5.41) is 0.498. The van der Waals surface area contributed by atoms with Gasteiger partial charge in [-0.25, -0.2) is 9.97 Å². The number of rotatable bonds is 5. The molecule has 2 heterocycles. The molecule has 0 radical (unpaired) electrons. The van der Waals surface area contributed by atoms with Crippen molar-refractivity contribution >= 4 is 34.4 Å². The summed E-state index contributed by atoms with van der Waals surface area (Å²) >= 11 is 12.2. The SMILES string of the molecule is CC(Cl)c1nc2cc(Cl)cnc2n1CCCC1CC1. The van der Waals surface area contributed by atoms with Crippen molar-refractivity contribution in [2.24, 2.45) is 5.92 Å². The van der Waals surface area contributed by atoms with Crippen molar-refractivity contribution < 1.29 is 0 Å². The quantitative estimate of drug-likeness (QED) is 0.757. The molecule has 1 fully saturated rings. The highest BCUT2D eigenvalue weighted by Crippen LogP contribution is 2.34. The molecule has 3 nitrogen and oxygen atoms in total. The van der Waals surface area contributed by atoms with Crippen LogP contribution >= 0.6 is 23.2 Å². The molecule has 0 amide bonds. The monoisotopic (exact) mass is 297 g/mol. The van der Waals surface area contributed by atoms with Gasteiger partial charge in [0.2, 0.25) is 0 Å². The topological polar surface area (TPSA) is 30.7 Å². The Morgan fingerprint density at radius 2 is 2.26 bits per heavy atom. The van der Waals surface area contributed by atoms with Gasteiger partial charge in [0, 0.05) is 12.7 Å². The molecule has 19 heavy (non-hydrogen) atoms. The van der Waals surface area contributed by atoms with E-state index in [1.807, 2.05) is 13.0 Å². The molecule has 0 N–H and O–H groups in total. The van der Waals surface area contributed by atoms with E-state index in [1.54, 1.807) is 6.20 Å². The Morgan fingerprint density at radius 1 is 1.47 bits per heavy atom. The lowest BCUT2D eigenvalue weighted by molar-refractivity contribution is 0.567. The highest BCUT2D eigenvalue weighted by molar-refractivity contribution is 6.31. The summed E-state index contributed by atoms with van der Waals surface area (Å²) < 4.78 is 2.14. The highest BCUT2D eigenvalue weighted by atomic mass is 35.5. The maximum absolute atomic E-state index is 6.23. The van der Waals surface area contributed by atoms with Gasteiger partial charge in [0.15, 0.2) is 5.65 Å². The number of alkyl halides is 1. The van der Waals surface area contributed by atoms with Gasteiger partial charge in [-0.2, -0.15) is 0 Å². The van der Waals surface area contributed by atoms with Crippen LogP contribution in [0.2, 0.25) is 5.02 Å². The van der Waals surface area contributed by atoms with Crippen molar-refractivity contribution in [1.29, 1.82) is 0 Å². The maximum Gasteiger partial charge on any atom is 0.160 e. The number of pyridine rings is 1. The second-order valence-corrected chi connectivity index (χ2v) is 6.41. The van der Waals surface area contributed by atoms with Gasteiger partial charge in [-0.15, -0.1) is 11.6 Å². The molecular formula is C14H17Cl2N3. The Morgan fingerprint density at radius 3 is 2.95 bits per heavy atom. The fourth-order valence-corrected chi connectivity index (χ4v) is 2.79. The number of aromatic nitrogens is 3. The molecule has 2 aromatic heterocycles. The molecule has 1 atom stereocenters. The van der Waals surface area contributed by atoms with Crippen LogP contribution in [0.25, 0.3) is 11.2 Å². The van der Waals surface area contributed by atoms with Gasteiger partial charge >= 0.3 is 0 Å². The van der Waals surface area contributed by atoms with Crippen LogP contribution in [0.5, 0.6) is 0 Å². The first-order chi connectivity index (χ1) is 9.15. The first-order valence-electron chi connectivity index (χ1n) is 6.81. The fourth-order valence-electron chi connectivity index (χ4n) is 2.47. The van der Waals surface area contributed by atoms with E-state index in [-0.39, 0.29) is 5.38 Å². The van der Waals surface area contributed by atoms with E-state index in [4.69, 9.17) is 23.2 Å². The molecule has 0 saturated heterocycles. The Labute approximate surface area is 122 Å². The number of aryl methyl sites for hydroxylation is 1. The summed E-state index contributed by atoms with van der Waals surface area (Å²) in [4.78, 5) is 8.98. The zero-order valence-corrected chi connectivity index (χ0v) is 12.5. The minimum absolute atomic E-state index is 0.117. The predicted molar refractivity (Wildman–Crippen MR) is 78.8 cm³/mol. The van der Waals surface area contributed by atoms with E-state index in [0.29, 0.717) is 5.02 Å². The Kier molecular flexibility index (Phi) is 3.68. The third kappa shape index (κ3) is 2.87. The summed E-state index contributed by atoms with van der Waals surface area (Å²) in [5.74, 6) is 1.84. The molecule has 2 aromatic rings. The minimum atomic E-state index is -0.117. The Bertz CT molecular complexity index is 588. The van der Waals surface area contributed by atoms with E-state index in [0.717, 1.165) is 35.9 Å². The molecule has 0 aromatic carbocycles. The van der Waals surface area contributed by atoms with E-state index < -0.39 is 0 Å². The lowest BCUT2D eigenvalue weighted by atomic mass is 10.2. The van der Waals surface area contributed by atoms with Crippen LogP contribution in [0.1, 0.15) is 43.8 Å². The first-order valence-corrected chi connectivity index (χ1v) is 7.62. The van der Waals surface area contributed by atoms with Crippen molar-refractivity contribution in [3.63, 3.8) is 0 Å². The standard InChI is InChI=1S/C14H17Cl2N3/c1-9(15)13-18-12-7-11(16)8-17-14(12)19(13)6-2-3-10-4-5-10/h7-10H,2-6H2,1H3. The summed E-state index contributed by atoms with van der Waals surface area (Å²) in [6.45, 7) is 2.88. The van der Waals surface area contributed by atoms with E-state index >= 15 is 0 Å². The van der Waals surface area contributed by atoms with Crippen molar-refractivity contribution in [3.05, 3.63) is 23.1 Å². The van der Waals surface area contributed by atoms with Gasteiger partial charge in [0.1, 0.15) is 11.3 Å². The Balaban J connectivity index is 1.90. The normalized spacial score (nSPS) is 17.0. The third-order valence-electron chi connectivity index (χ3n) is 3.63. The van der Waals surface area contributed by atoms with Gasteiger partial charge in [-0.3, -0.25) is 0 Å². The largest absolute Gasteiger partial charge is 0.311 e. The second-order valence-electron chi connectivity index (χ2n) is 5.32. The number of nitrogens with zero attached hydrogens (tertiary/aromatic N) is 3. The molecule has 5 heteroatoms. The number of hydrogen-bond acceptors (Lipinski definition) is 2. The number of fused-ring (bicyclic) bond motifs is 1. The maximum atomic E-state index is 6.23. The van der Waals surface area contributed by atoms with Crippen LogP contribution in [-0.2, 0) is 6.54 Å². The summed E-state index contributed by atoms with van der Waals surface area (Å²) in [6, 6.07) is 1.85. The lowest BCUT2D eigenvalue weighted by Crippen LogP contribution is -2.05. The van der Waals surface area contributed by atoms with Gasteiger partial charge < -0.3 is 4.57 Å². The summed E-state index contributed by atoms with van der Waals surface area (Å²) in [7, 11) is 0. The van der Waals surface area contributed by atoms with Crippen LogP contribution in [-0.4, -0.2) is 14.5 Å². The van der Waals surface area contributed by atoms with Crippen LogP contribution in [0.4, 0.5) is 0 Å². The molecule has 3 rings (SSSR count). The zero-order valence-electron chi connectivity index (χ0n) is 10.9. The molecular weight excluding hydrogens is 281 g/mol. The molecule has 1 aliphatic carbocycles. The lowest BCUT2D eigenvalue weighted by Gasteiger charge is -2.09. The molecule has 1 aliphatic rings. The van der Waals surface area contributed by atoms with Crippen LogP contribution in [0.3, 0.4) is 0 Å². The average molecular weight is 298 g/mol. The average Bonchev–Trinajstić information content (AvgIpc) is 3.11. The van der Waals surface area contributed by atoms with Crippen molar-refractivity contribution in [2.75, 3.05) is 0 Å². The summed E-state index contributed by atoms with van der Waals surface area (Å²) in [6.07, 6.45) is 6.93. The third-order valence-corrected chi connectivity index (χ3v) is 4.03. The van der Waals surface area contributed by atoms with Crippen LogP contribution < -0.4 is 0 Å². The van der Waals surface area contributed by atoms with Crippen molar-refractivity contribution in [2.45, 2.75) is 44.5 Å². The molecule has 1 saturated carbocycles. The van der Waals surface area contributed by atoms with Crippen LogP contribution in [0.15, 0.2) is 12.3 Å². The van der Waals surface area contributed by atoms with Crippen molar-refractivity contribution in [1.82, 2.24) is 14.5 Å². The fraction of sp³-hybridized carbons (Fsp3) is 0.571. The predicted octanol–water partition coefficient (Wildman–Crippen LogP) is 4.57. The highest BCUT2D eigenvalue weighted by Gasteiger charge is 2.21. The smallest absolute Gasteiger partial charge is 0.160 e. The molecule has 0 aliphatic heterocycles. The first kappa shape index (κ1) is 13.2. The van der Waals surface area contributed by atoms with Gasteiger partial charge in [-0.1, -0.05) is 24.4 Å². The molecule has 0 spiro atoms.